The minimum Gasteiger partial charge on any atom is -0.461 e. The van der Waals surface area contributed by atoms with Crippen molar-refractivity contribution in [2.24, 2.45) is 0 Å². The Hall–Kier alpha value is -1.34. The standard InChI is InChI=1S/C11H20O7/c1-8(7-17-10(14)15-4)18-11(2,3)9(13)16-6-5-12/h8,12H,5-7H2,1-4H3. The van der Waals surface area contributed by atoms with Crippen molar-refractivity contribution in [3.05, 3.63) is 0 Å². The van der Waals surface area contributed by atoms with E-state index in [1.807, 2.05) is 0 Å². The first-order valence-corrected chi connectivity index (χ1v) is 5.50. The van der Waals surface area contributed by atoms with Crippen LogP contribution in [0.4, 0.5) is 4.79 Å². The molecule has 0 radical (unpaired) electrons. The van der Waals surface area contributed by atoms with Crippen LogP contribution < -0.4 is 0 Å². The van der Waals surface area contributed by atoms with Crippen LogP contribution in [0.2, 0.25) is 0 Å². The fraction of sp³-hybridized carbons (Fsp3) is 0.818. The van der Waals surface area contributed by atoms with Crippen LogP contribution in [-0.4, -0.2) is 55.9 Å². The van der Waals surface area contributed by atoms with Gasteiger partial charge in [-0.05, 0) is 20.8 Å². The first kappa shape index (κ1) is 16.7. The number of methoxy groups -OCH3 is 1. The summed E-state index contributed by atoms with van der Waals surface area (Å²) in [4.78, 5) is 22.3. The van der Waals surface area contributed by atoms with Crippen LogP contribution in [0.25, 0.3) is 0 Å². The van der Waals surface area contributed by atoms with Gasteiger partial charge in [-0.3, -0.25) is 0 Å². The van der Waals surface area contributed by atoms with Crippen molar-refractivity contribution in [3.63, 3.8) is 0 Å². The van der Waals surface area contributed by atoms with Crippen LogP contribution in [-0.2, 0) is 23.7 Å². The second-order valence-electron chi connectivity index (χ2n) is 4.06. The molecule has 0 saturated carbocycles. The van der Waals surface area contributed by atoms with Crippen LogP contribution in [0.5, 0.6) is 0 Å². The van der Waals surface area contributed by atoms with Crippen LogP contribution in [0, 0.1) is 0 Å². The normalized spacial score (nSPS) is 12.7. The monoisotopic (exact) mass is 264 g/mol. The van der Waals surface area contributed by atoms with E-state index in [1.165, 1.54) is 21.0 Å². The summed E-state index contributed by atoms with van der Waals surface area (Å²) in [5, 5.41) is 8.55. The third-order valence-electron chi connectivity index (χ3n) is 1.91. The molecule has 1 atom stereocenters. The Morgan fingerprint density at radius 3 is 2.39 bits per heavy atom. The molecule has 0 aromatic carbocycles. The molecule has 0 aliphatic carbocycles. The number of hydrogen-bond acceptors (Lipinski definition) is 7. The molecule has 0 aromatic heterocycles. The molecule has 7 nitrogen and oxygen atoms in total. The van der Waals surface area contributed by atoms with Crippen molar-refractivity contribution in [2.75, 3.05) is 26.9 Å². The van der Waals surface area contributed by atoms with E-state index in [0.717, 1.165) is 0 Å². The van der Waals surface area contributed by atoms with E-state index < -0.39 is 23.8 Å². The number of carbonyl (C=O) groups is 2. The lowest BCUT2D eigenvalue weighted by Crippen LogP contribution is -2.41. The number of ether oxygens (including phenoxy) is 4. The zero-order chi connectivity index (χ0) is 14.2. The topological polar surface area (TPSA) is 91.3 Å². The van der Waals surface area contributed by atoms with Crippen molar-refractivity contribution in [3.8, 4) is 0 Å². The fourth-order valence-electron chi connectivity index (χ4n) is 1.14. The minimum atomic E-state index is -1.19. The van der Waals surface area contributed by atoms with Gasteiger partial charge < -0.3 is 24.1 Å². The zero-order valence-electron chi connectivity index (χ0n) is 11.1. The molecular weight excluding hydrogens is 244 g/mol. The summed E-state index contributed by atoms with van der Waals surface area (Å²) in [6.45, 7) is 4.33. The lowest BCUT2D eigenvalue weighted by Gasteiger charge is -2.26. The number of aliphatic hydroxyl groups is 1. The van der Waals surface area contributed by atoms with Crippen LogP contribution >= 0.6 is 0 Å². The number of carbonyl (C=O) groups excluding carboxylic acids is 2. The predicted molar refractivity (Wildman–Crippen MR) is 61.0 cm³/mol. The van der Waals surface area contributed by atoms with Crippen LogP contribution in [0.1, 0.15) is 20.8 Å². The highest BCUT2D eigenvalue weighted by molar-refractivity contribution is 5.78. The van der Waals surface area contributed by atoms with Gasteiger partial charge in [-0.2, -0.15) is 0 Å². The van der Waals surface area contributed by atoms with Crippen molar-refractivity contribution in [2.45, 2.75) is 32.5 Å². The van der Waals surface area contributed by atoms with E-state index in [0.29, 0.717) is 0 Å². The fourth-order valence-corrected chi connectivity index (χ4v) is 1.14. The molecule has 0 heterocycles. The Bertz CT molecular complexity index is 275. The molecule has 106 valence electrons. The van der Waals surface area contributed by atoms with E-state index >= 15 is 0 Å². The smallest absolute Gasteiger partial charge is 0.461 e. The molecule has 0 saturated heterocycles. The molecule has 0 spiro atoms. The molecule has 0 aromatic rings. The molecule has 0 rings (SSSR count). The zero-order valence-corrected chi connectivity index (χ0v) is 11.1. The Kier molecular flexibility index (Phi) is 7.30. The summed E-state index contributed by atoms with van der Waals surface area (Å²) < 4.78 is 19.1. The Morgan fingerprint density at radius 1 is 1.28 bits per heavy atom. The highest BCUT2D eigenvalue weighted by Gasteiger charge is 2.32. The SMILES string of the molecule is COC(=O)OCC(C)OC(C)(C)C(=O)OCCO. The van der Waals surface area contributed by atoms with Crippen LogP contribution in [0.3, 0.4) is 0 Å². The van der Waals surface area contributed by atoms with Crippen molar-refractivity contribution < 1.29 is 33.6 Å². The predicted octanol–water partition coefficient (Wildman–Crippen LogP) is 0.489. The molecule has 0 aliphatic rings. The Morgan fingerprint density at radius 2 is 1.89 bits per heavy atom. The first-order valence-electron chi connectivity index (χ1n) is 5.50. The van der Waals surface area contributed by atoms with E-state index in [1.54, 1.807) is 6.92 Å². The van der Waals surface area contributed by atoms with Gasteiger partial charge in [0.05, 0.1) is 19.8 Å². The van der Waals surface area contributed by atoms with Gasteiger partial charge >= 0.3 is 12.1 Å². The van der Waals surface area contributed by atoms with E-state index in [4.69, 9.17) is 14.6 Å². The molecule has 1 unspecified atom stereocenters. The molecule has 0 amide bonds. The van der Waals surface area contributed by atoms with E-state index in [2.05, 4.69) is 9.47 Å². The third-order valence-corrected chi connectivity index (χ3v) is 1.91. The molecule has 1 N–H and O–H groups in total. The van der Waals surface area contributed by atoms with Gasteiger partial charge in [0.1, 0.15) is 13.2 Å². The summed E-state index contributed by atoms with van der Waals surface area (Å²) in [5.41, 5.74) is -1.19. The summed E-state index contributed by atoms with van der Waals surface area (Å²) in [5.74, 6) is -0.596. The number of esters is 1. The van der Waals surface area contributed by atoms with Crippen molar-refractivity contribution in [1.82, 2.24) is 0 Å². The average molecular weight is 264 g/mol. The second kappa shape index (κ2) is 7.88. The van der Waals surface area contributed by atoms with Gasteiger partial charge in [-0.15, -0.1) is 0 Å². The first-order chi connectivity index (χ1) is 8.33. The number of aliphatic hydroxyl groups excluding tert-OH is 1. The van der Waals surface area contributed by atoms with Crippen molar-refractivity contribution in [1.29, 1.82) is 0 Å². The van der Waals surface area contributed by atoms with Crippen LogP contribution in [0.15, 0.2) is 0 Å². The average Bonchev–Trinajstić information content (AvgIpc) is 2.32. The van der Waals surface area contributed by atoms with Gasteiger partial charge in [-0.1, -0.05) is 0 Å². The van der Waals surface area contributed by atoms with Gasteiger partial charge in [-0.25, -0.2) is 9.59 Å². The number of hydrogen-bond donors (Lipinski definition) is 1. The highest BCUT2D eigenvalue weighted by Crippen LogP contribution is 2.14. The lowest BCUT2D eigenvalue weighted by molar-refractivity contribution is -0.176. The maximum Gasteiger partial charge on any atom is 0.508 e. The summed E-state index contributed by atoms with van der Waals surface area (Å²) in [6.07, 6.45) is -1.31. The Balaban J connectivity index is 4.13. The largest absolute Gasteiger partial charge is 0.508 e. The van der Waals surface area contributed by atoms with Gasteiger partial charge in [0, 0.05) is 0 Å². The van der Waals surface area contributed by atoms with E-state index in [-0.39, 0.29) is 19.8 Å². The lowest BCUT2D eigenvalue weighted by atomic mass is 10.1. The number of rotatable bonds is 7. The van der Waals surface area contributed by atoms with Gasteiger partial charge in [0.25, 0.3) is 0 Å². The highest BCUT2D eigenvalue weighted by atomic mass is 16.7. The van der Waals surface area contributed by atoms with E-state index in [9.17, 15) is 9.59 Å². The molecule has 18 heavy (non-hydrogen) atoms. The molecule has 0 bridgehead atoms. The van der Waals surface area contributed by atoms with Gasteiger partial charge in [0.2, 0.25) is 0 Å². The second-order valence-corrected chi connectivity index (χ2v) is 4.06. The minimum absolute atomic E-state index is 0.0383. The third kappa shape index (κ3) is 6.41. The molecule has 0 fully saturated rings. The maximum atomic E-state index is 11.6. The summed E-state index contributed by atoms with van der Waals surface area (Å²) in [7, 11) is 1.20. The molecule has 7 heteroatoms. The Labute approximate surface area is 106 Å². The summed E-state index contributed by atoms with van der Waals surface area (Å²) >= 11 is 0. The molecule has 0 aliphatic heterocycles. The molecular formula is C11H20O7. The maximum absolute atomic E-state index is 11.6. The van der Waals surface area contributed by atoms with Gasteiger partial charge in [0.15, 0.2) is 5.60 Å². The quantitative estimate of drug-likeness (QED) is 0.669. The summed E-state index contributed by atoms with van der Waals surface area (Å²) in [6, 6.07) is 0. The van der Waals surface area contributed by atoms with Crippen molar-refractivity contribution >= 4 is 12.1 Å².